The molecule has 2 N–H and O–H groups in total. The van der Waals surface area contributed by atoms with Gasteiger partial charge in [-0.15, -0.1) is 0 Å². The predicted octanol–water partition coefficient (Wildman–Crippen LogP) is 2.93. The Morgan fingerprint density at radius 3 is 2.44 bits per heavy atom. The fourth-order valence-electron chi connectivity index (χ4n) is 2.81. The fourth-order valence-corrected chi connectivity index (χ4v) is 2.81. The van der Waals surface area contributed by atoms with Crippen LogP contribution in [0.15, 0.2) is 48.5 Å². The summed E-state index contributed by atoms with van der Waals surface area (Å²) in [5.74, 6) is 0.736. The topological polar surface area (TPSA) is 70.7 Å². The number of carbonyl (C=O) groups is 2. The number of carbonyl (C=O) groups excluding carboxylic acids is 2. The molecule has 0 saturated carbocycles. The lowest BCUT2D eigenvalue weighted by molar-refractivity contribution is -0.117. The van der Waals surface area contributed by atoms with E-state index in [-0.39, 0.29) is 18.0 Å². The molecule has 2 aromatic carbocycles. The molecule has 6 heteroatoms. The van der Waals surface area contributed by atoms with Crippen LogP contribution in [0.4, 0.5) is 16.2 Å². The van der Waals surface area contributed by atoms with Gasteiger partial charge in [-0.05, 0) is 43.3 Å². The quantitative estimate of drug-likeness (QED) is 0.900. The Morgan fingerprint density at radius 2 is 1.80 bits per heavy atom. The van der Waals surface area contributed by atoms with Crippen LogP contribution in [0.1, 0.15) is 12.0 Å². The first kappa shape index (κ1) is 16.8. The van der Waals surface area contributed by atoms with Crippen molar-refractivity contribution in [2.45, 2.75) is 19.4 Å². The van der Waals surface area contributed by atoms with E-state index >= 15 is 0 Å². The molecule has 1 atom stereocenters. The van der Waals surface area contributed by atoms with E-state index in [1.807, 2.05) is 31.2 Å². The minimum Gasteiger partial charge on any atom is -0.497 e. The first-order chi connectivity index (χ1) is 12.0. The molecule has 1 aliphatic heterocycles. The molecule has 0 radical (unpaired) electrons. The van der Waals surface area contributed by atoms with Crippen molar-refractivity contribution in [1.82, 2.24) is 5.32 Å². The maximum atomic E-state index is 12.2. The van der Waals surface area contributed by atoms with Crippen LogP contribution in [0.2, 0.25) is 0 Å². The van der Waals surface area contributed by atoms with Crippen LogP contribution >= 0.6 is 0 Å². The van der Waals surface area contributed by atoms with E-state index in [1.54, 1.807) is 36.3 Å². The van der Waals surface area contributed by atoms with Crippen molar-refractivity contribution in [3.8, 4) is 5.75 Å². The van der Waals surface area contributed by atoms with E-state index in [2.05, 4.69) is 10.6 Å². The van der Waals surface area contributed by atoms with Gasteiger partial charge in [-0.25, -0.2) is 4.79 Å². The number of rotatable bonds is 4. The van der Waals surface area contributed by atoms with Gasteiger partial charge in [0, 0.05) is 24.3 Å². The fraction of sp³-hybridized carbons (Fsp3) is 0.263. The summed E-state index contributed by atoms with van der Waals surface area (Å²) in [5.41, 5.74) is 2.66. The first-order valence-corrected chi connectivity index (χ1v) is 8.14. The van der Waals surface area contributed by atoms with E-state index in [0.29, 0.717) is 18.7 Å². The van der Waals surface area contributed by atoms with Crippen LogP contribution in [-0.2, 0) is 4.79 Å². The molecule has 3 rings (SSSR count). The van der Waals surface area contributed by atoms with Crippen LogP contribution in [0.5, 0.6) is 5.75 Å². The second-order valence-corrected chi connectivity index (χ2v) is 6.07. The van der Waals surface area contributed by atoms with Crippen molar-refractivity contribution in [1.29, 1.82) is 0 Å². The minimum atomic E-state index is -0.325. The highest BCUT2D eigenvalue weighted by molar-refractivity contribution is 5.97. The SMILES string of the molecule is COc1ccc(NC(=O)N[C@H]2CC(=O)N(c3ccc(C)cc3)C2)cc1. The number of nitrogens with one attached hydrogen (secondary N) is 2. The molecule has 1 heterocycles. The van der Waals surface area contributed by atoms with Crippen molar-refractivity contribution in [3.63, 3.8) is 0 Å². The van der Waals surface area contributed by atoms with Crippen molar-refractivity contribution in [2.24, 2.45) is 0 Å². The number of hydrogen-bond donors (Lipinski definition) is 2. The molecule has 2 aromatic rings. The van der Waals surface area contributed by atoms with Gasteiger partial charge >= 0.3 is 6.03 Å². The summed E-state index contributed by atoms with van der Waals surface area (Å²) in [6.07, 6.45) is 0.296. The van der Waals surface area contributed by atoms with Crippen molar-refractivity contribution in [3.05, 3.63) is 54.1 Å². The first-order valence-electron chi connectivity index (χ1n) is 8.14. The van der Waals surface area contributed by atoms with E-state index in [1.165, 1.54) is 0 Å². The average molecular weight is 339 g/mol. The molecule has 0 bridgehead atoms. The van der Waals surface area contributed by atoms with Gasteiger partial charge in [-0.3, -0.25) is 4.79 Å². The van der Waals surface area contributed by atoms with Gasteiger partial charge in [0.2, 0.25) is 5.91 Å². The number of urea groups is 1. The van der Waals surface area contributed by atoms with Gasteiger partial charge in [0.25, 0.3) is 0 Å². The Morgan fingerprint density at radius 1 is 1.12 bits per heavy atom. The van der Waals surface area contributed by atoms with E-state index in [9.17, 15) is 9.59 Å². The Hall–Kier alpha value is -3.02. The van der Waals surface area contributed by atoms with Crippen LogP contribution < -0.4 is 20.3 Å². The molecule has 0 spiro atoms. The summed E-state index contributed by atoms with van der Waals surface area (Å²) in [6.45, 7) is 2.47. The van der Waals surface area contributed by atoms with E-state index in [4.69, 9.17) is 4.74 Å². The summed E-state index contributed by atoms with van der Waals surface area (Å²) < 4.78 is 5.08. The van der Waals surface area contributed by atoms with Gasteiger partial charge in [-0.1, -0.05) is 17.7 Å². The third-order valence-electron chi connectivity index (χ3n) is 4.15. The van der Waals surface area contributed by atoms with Gasteiger partial charge in [0.15, 0.2) is 0 Å². The number of methoxy groups -OCH3 is 1. The number of nitrogens with zero attached hydrogens (tertiary/aromatic N) is 1. The summed E-state index contributed by atoms with van der Waals surface area (Å²) in [6, 6.07) is 14.3. The highest BCUT2D eigenvalue weighted by Crippen LogP contribution is 2.22. The smallest absolute Gasteiger partial charge is 0.319 e. The van der Waals surface area contributed by atoms with Crippen molar-refractivity contribution >= 4 is 23.3 Å². The molecule has 0 unspecified atom stereocenters. The molecule has 25 heavy (non-hydrogen) atoms. The monoisotopic (exact) mass is 339 g/mol. The van der Waals surface area contributed by atoms with Crippen LogP contribution in [-0.4, -0.2) is 31.6 Å². The largest absolute Gasteiger partial charge is 0.497 e. The Kier molecular flexibility index (Phi) is 4.88. The summed E-state index contributed by atoms with van der Waals surface area (Å²) >= 11 is 0. The van der Waals surface area contributed by atoms with E-state index < -0.39 is 0 Å². The minimum absolute atomic E-state index is 0.0126. The maximum absolute atomic E-state index is 12.2. The van der Waals surface area contributed by atoms with Gasteiger partial charge in [-0.2, -0.15) is 0 Å². The van der Waals surface area contributed by atoms with Crippen LogP contribution in [0.3, 0.4) is 0 Å². The average Bonchev–Trinajstić information content (AvgIpc) is 2.96. The molecular formula is C19H21N3O3. The molecule has 1 saturated heterocycles. The third kappa shape index (κ3) is 4.09. The van der Waals surface area contributed by atoms with Crippen LogP contribution in [0, 0.1) is 6.92 Å². The number of hydrogen-bond acceptors (Lipinski definition) is 3. The molecule has 130 valence electrons. The number of benzene rings is 2. The number of amides is 3. The summed E-state index contributed by atoms with van der Waals surface area (Å²) in [4.78, 5) is 26.1. The van der Waals surface area contributed by atoms with Gasteiger partial charge < -0.3 is 20.3 Å². The molecule has 6 nitrogen and oxygen atoms in total. The highest BCUT2D eigenvalue weighted by Gasteiger charge is 2.31. The molecule has 0 aliphatic carbocycles. The molecular weight excluding hydrogens is 318 g/mol. The summed E-state index contributed by atoms with van der Waals surface area (Å²) in [5, 5.41) is 5.62. The number of aryl methyl sites for hydroxylation is 1. The Bertz CT molecular complexity index is 756. The van der Waals surface area contributed by atoms with Crippen molar-refractivity contribution < 1.29 is 14.3 Å². The normalized spacial score (nSPS) is 16.6. The Labute approximate surface area is 146 Å². The highest BCUT2D eigenvalue weighted by atomic mass is 16.5. The van der Waals surface area contributed by atoms with Gasteiger partial charge in [0.05, 0.1) is 13.2 Å². The van der Waals surface area contributed by atoms with Crippen molar-refractivity contribution in [2.75, 3.05) is 23.9 Å². The lowest BCUT2D eigenvalue weighted by atomic mass is 10.2. The molecule has 3 amide bonds. The number of ether oxygens (including phenoxy) is 1. The Balaban J connectivity index is 1.57. The lowest BCUT2D eigenvalue weighted by Gasteiger charge is -2.17. The van der Waals surface area contributed by atoms with E-state index in [0.717, 1.165) is 17.0 Å². The third-order valence-corrected chi connectivity index (χ3v) is 4.15. The lowest BCUT2D eigenvalue weighted by Crippen LogP contribution is -2.39. The maximum Gasteiger partial charge on any atom is 0.319 e. The second-order valence-electron chi connectivity index (χ2n) is 6.07. The molecule has 0 aromatic heterocycles. The van der Waals surface area contributed by atoms with Crippen LogP contribution in [0.25, 0.3) is 0 Å². The number of anilines is 2. The zero-order valence-corrected chi connectivity index (χ0v) is 14.3. The summed E-state index contributed by atoms with van der Waals surface area (Å²) in [7, 11) is 1.59. The zero-order valence-electron chi connectivity index (χ0n) is 14.3. The zero-order chi connectivity index (χ0) is 17.8. The predicted molar refractivity (Wildman–Crippen MR) is 97.1 cm³/mol. The second kappa shape index (κ2) is 7.25. The molecule has 1 aliphatic rings. The molecule has 1 fully saturated rings. The van der Waals surface area contributed by atoms with Gasteiger partial charge in [0.1, 0.15) is 5.75 Å². The standard InChI is InChI=1S/C19H21N3O3/c1-13-3-7-16(8-4-13)22-12-15(11-18(22)23)21-19(24)20-14-5-9-17(25-2)10-6-14/h3-10,15H,11-12H2,1-2H3,(H2,20,21,24)/t15-/m0/s1.